The second kappa shape index (κ2) is 7.07. The number of hydrogen-bond acceptors (Lipinski definition) is 6. The van der Waals surface area contributed by atoms with Crippen molar-refractivity contribution in [3.8, 4) is 22.9 Å². The van der Waals surface area contributed by atoms with Crippen molar-refractivity contribution in [3.63, 3.8) is 0 Å². The molecule has 0 saturated heterocycles. The fourth-order valence-electron chi connectivity index (χ4n) is 3.43. The average Bonchev–Trinajstić information content (AvgIpc) is 3.16. The lowest BCUT2D eigenvalue weighted by Crippen LogP contribution is -2.17. The van der Waals surface area contributed by atoms with Crippen LogP contribution in [0.5, 0.6) is 11.5 Å². The minimum Gasteiger partial charge on any atom is -0.493 e. The summed E-state index contributed by atoms with van der Waals surface area (Å²) in [6, 6.07) is 14.7. The Hall–Kier alpha value is -3.02. The fraction of sp³-hybridized carbons (Fsp3) is 0.300. The number of nitrogens with one attached hydrogen (secondary N) is 1. The van der Waals surface area contributed by atoms with E-state index in [9.17, 15) is 0 Å². The summed E-state index contributed by atoms with van der Waals surface area (Å²) in [7, 11) is 3.21. The van der Waals surface area contributed by atoms with Crippen molar-refractivity contribution >= 4 is 6.01 Å². The Balaban J connectivity index is 1.56. The molecule has 1 aliphatic carbocycles. The Morgan fingerprint density at radius 3 is 2.77 bits per heavy atom. The SMILES string of the molecule is COc1ccc(-c2noc(NC3CCCc4ccccc43)n2)cc1OC. The third-order valence-corrected chi connectivity index (χ3v) is 4.73. The standard InChI is InChI=1S/C20H21N3O3/c1-24-17-11-10-14(12-18(17)25-2)19-22-20(26-23-19)21-16-9-5-7-13-6-3-4-8-15(13)16/h3-4,6,8,10-12,16H,5,7,9H2,1-2H3,(H,21,22,23). The van der Waals surface area contributed by atoms with E-state index in [0.29, 0.717) is 23.3 Å². The van der Waals surface area contributed by atoms with Crippen molar-refractivity contribution in [1.82, 2.24) is 10.1 Å². The molecular formula is C20H21N3O3. The number of ether oxygens (including phenoxy) is 2. The molecule has 0 bridgehead atoms. The highest BCUT2D eigenvalue weighted by atomic mass is 16.5. The van der Waals surface area contributed by atoms with E-state index < -0.39 is 0 Å². The normalized spacial score (nSPS) is 16.0. The molecule has 134 valence electrons. The van der Waals surface area contributed by atoms with Gasteiger partial charge in [0.1, 0.15) is 0 Å². The summed E-state index contributed by atoms with van der Waals surface area (Å²) in [5.41, 5.74) is 3.50. The first-order valence-electron chi connectivity index (χ1n) is 8.69. The molecule has 6 nitrogen and oxygen atoms in total. The predicted molar refractivity (Wildman–Crippen MR) is 98.6 cm³/mol. The van der Waals surface area contributed by atoms with E-state index in [-0.39, 0.29) is 6.04 Å². The van der Waals surface area contributed by atoms with Crippen LogP contribution in [-0.2, 0) is 6.42 Å². The zero-order valence-corrected chi connectivity index (χ0v) is 14.9. The monoisotopic (exact) mass is 351 g/mol. The Labute approximate surface area is 152 Å². The van der Waals surface area contributed by atoms with Gasteiger partial charge in [-0.3, -0.25) is 0 Å². The predicted octanol–water partition coefficient (Wildman–Crippen LogP) is 4.24. The summed E-state index contributed by atoms with van der Waals surface area (Å²) in [5.74, 6) is 1.81. The first-order chi connectivity index (χ1) is 12.8. The lowest BCUT2D eigenvalue weighted by Gasteiger charge is -2.25. The number of anilines is 1. The maximum absolute atomic E-state index is 5.42. The molecule has 6 heteroatoms. The zero-order valence-electron chi connectivity index (χ0n) is 14.9. The van der Waals surface area contributed by atoms with Crippen LogP contribution in [0.3, 0.4) is 0 Å². The van der Waals surface area contributed by atoms with Gasteiger partial charge in [-0.05, 0) is 48.6 Å². The minimum atomic E-state index is 0.193. The van der Waals surface area contributed by atoms with Crippen LogP contribution in [0, 0.1) is 0 Å². The lowest BCUT2D eigenvalue weighted by molar-refractivity contribution is 0.355. The number of aryl methyl sites for hydroxylation is 1. The number of hydrogen-bond donors (Lipinski definition) is 1. The molecule has 1 heterocycles. The highest BCUT2D eigenvalue weighted by Gasteiger charge is 2.22. The molecule has 1 N–H and O–H groups in total. The Bertz CT molecular complexity index is 907. The summed E-state index contributed by atoms with van der Waals surface area (Å²) in [6.45, 7) is 0. The van der Waals surface area contributed by atoms with Crippen molar-refractivity contribution < 1.29 is 14.0 Å². The second-order valence-corrected chi connectivity index (χ2v) is 6.28. The van der Waals surface area contributed by atoms with Gasteiger partial charge < -0.3 is 19.3 Å². The first kappa shape index (κ1) is 16.4. The number of rotatable bonds is 5. The maximum Gasteiger partial charge on any atom is 0.322 e. The van der Waals surface area contributed by atoms with Gasteiger partial charge in [0, 0.05) is 5.56 Å². The molecule has 1 atom stereocenters. The third-order valence-electron chi connectivity index (χ3n) is 4.73. The molecule has 3 aromatic rings. The molecule has 0 fully saturated rings. The van der Waals surface area contributed by atoms with Crippen LogP contribution in [-0.4, -0.2) is 24.4 Å². The fourth-order valence-corrected chi connectivity index (χ4v) is 3.43. The molecule has 0 amide bonds. The van der Waals surface area contributed by atoms with Crippen LogP contribution < -0.4 is 14.8 Å². The molecule has 0 aliphatic heterocycles. The summed E-state index contributed by atoms with van der Waals surface area (Å²) in [5, 5.41) is 7.48. The van der Waals surface area contributed by atoms with E-state index in [0.717, 1.165) is 24.8 Å². The van der Waals surface area contributed by atoms with E-state index in [1.807, 2.05) is 18.2 Å². The second-order valence-electron chi connectivity index (χ2n) is 6.28. The van der Waals surface area contributed by atoms with Gasteiger partial charge in [-0.25, -0.2) is 0 Å². The lowest BCUT2D eigenvalue weighted by atomic mass is 9.88. The smallest absolute Gasteiger partial charge is 0.322 e. The maximum atomic E-state index is 5.42. The molecule has 26 heavy (non-hydrogen) atoms. The number of methoxy groups -OCH3 is 2. The van der Waals surface area contributed by atoms with Crippen LogP contribution in [0.15, 0.2) is 47.0 Å². The Kier molecular flexibility index (Phi) is 4.48. The van der Waals surface area contributed by atoms with Crippen LogP contribution in [0.25, 0.3) is 11.4 Å². The number of aromatic nitrogens is 2. The summed E-state index contributed by atoms with van der Waals surface area (Å²) < 4.78 is 16.0. The van der Waals surface area contributed by atoms with Crippen LogP contribution in [0.4, 0.5) is 6.01 Å². The number of fused-ring (bicyclic) bond motifs is 1. The van der Waals surface area contributed by atoms with Crippen molar-refractivity contribution in [2.45, 2.75) is 25.3 Å². The number of benzene rings is 2. The van der Waals surface area contributed by atoms with Crippen molar-refractivity contribution in [3.05, 3.63) is 53.6 Å². The van der Waals surface area contributed by atoms with Gasteiger partial charge in [-0.2, -0.15) is 4.98 Å². The van der Waals surface area contributed by atoms with Crippen molar-refractivity contribution in [2.75, 3.05) is 19.5 Å². The van der Waals surface area contributed by atoms with E-state index in [1.54, 1.807) is 14.2 Å². The summed E-state index contributed by atoms with van der Waals surface area (Å²) >= 11 is 0. The average molecular weight is 351 g/mol. The molecule has 0 radical (unpaired) electrons. The van der Waals surface area contributed by atoms with Gasteiger partial charge in [0.05, 0.1) is 20.3 Å². The minimum absolute atomic E-state index is 0.193. The van der Waals surface area contributed by atoms with Crippen molar-refractivity contribution in [1.29, 1.82) is 0 Å². The Morgan fingerprint density at radius 1 is 1.08 bits per heavy atom. The highest BCUT2D eigenvalue weighted by Crippen LogP contribution is 2.34. The molecule has 1 unspecified atom stereocenters. The Morgan fingerprint density at radius 2 is 1.92 bits per heavy atom. The largest absolute Gasteiger partial charge is 0.493 e. The molecule has 0 saturated carbocycles. The third kappa shape index (κ3) is 3.10. The number of nitrogens with zero attached hydrogens (tertiary/aromatic N) is 2. The topological polar surface area (TPSA) is 69.4 Å². The van der Waals surface area contributed by atoms with E-state index in [4.69, 9.17) is 14.0 Å². The highest BCUT2D eigenvalue weighted by molar-refractivity contribution is 5.61. The van der Waals surface area contributed by atoms with Gasteiger partial charge in [0.25, 0.3) is 0 Å². The quantitative estimate of drug-likeness (QED) is 0.741. The van der Waals surface area contributed by atoms with Crippen molar-refractivity contribution in [2.24, 2.45) is 0 Å². The van der Waals surface area contributed by atoms with Gasteiger partial charge in [0.2, 0.25) is 5.82 Å². The van der Waals surface area contributed by atoms with Gasteiger partial charge in [-0.1, -0.05) is 29.4 Å². The van der Waals surface area contributed by atoms with E-state index in [1.165, 1.54) is 11.1 Å². The molecular weight excluding hydrogens is 330 g/mol. The first-order valence-corrected chi connectivity index (χ1v) is 8.69. The van der Waals surface area contributed by atoms with Gasteiger partial charge in [-0.15, -0.1) is 0 Å². The van der Waals surface area contributed by atoms with Crippen LogP contribution in [0.2, 0.25) is 0 Å². The summed E-state index contributed by atoms with van der Waals surface area (Å²) in [4.78, 5) is 4.49. The molecule has 1 aliphatic rings. The molecule has 0 spiro atoms. The zero-order chi connectivity index (χ0) is 17.9. The van der Waals surface area contributed by atoms with Gasteiger partial charge in [0.15, 0.2) is 11.5 Å². The van der Waals surface area contributed by atoms with Crippen LogP contribution >= 0.6 is 0 Å². The molecule has 2 aromatic carbocycles. The van der Waals surface area contributed by atoms with Crippen LogP contribution in [0.1, 0.15) is 30.0 Å². The molecule has 1 aromatic heterocycles. The van der Waals surface area contributed by atoms with Gasteiger partial charge >= 0.3 is 6.01 Å². The van der Waals surface area contributed by atoms with E-state index in [2.05, 4.69) is 39.7 Å². The molecule has 4 rings (SSSR count). The summed E-state index contributed by atoms with van der Waals surface area (Å²) in [6.07, 6.45) is 3.31. The van der Waals surface area contributed by atoms with E-state index >= 15 is 0 Å².